The van der Waals surface area contributed by atoms with E-state index in [1.807, 2.05) is 0 Å². The Hall–Kier alpha value is -2.25. The van der Waals surface area contributed by atoms with Crippen LogP contribution in [0.2, 0.25) is 0 Å². The van der Waals surface area contributed by atoms with Crippen LogP contribution in [0.5, 0.6) is 0 Å². The van der Waals surface area contributed by atoms with Crippen LogP contribution in [0.15, 0.2) is 15.7 Å². The smallest absolute Gasteiger partial charge is 0.218 e. The molecule has 2 heterocycles. The number of aryl methyl sites for hydroxylation is 1. The van der Waals surface area contributed by atoms with Crippen molar-refractivity contribution in [3.63, 3.8) is 0 Å². The lowest BCUT2D eigenvalue weighted by Crippen LogP contribution is -2.02. The summed E-state index contributed by atoms with van der Waals surface area (Å²) in [6.07, 6.45) is 0.341. The van der Waals surface area contributed by atoms with Crippen molar-refractivity contribution in [2.24, 2.45) is 5.16 Å². The van der Waals surface area contributed by atoms with E-state index in [-0.39, 0.29) is 0 Å². The van der Waals surface area contributed by atoms with Gasteiger partial charge < -0.3 is 9.73 Å². The van der Waals surface area contributed by atoms with E-state index in [1.165, 1.54) is 4.80 Å². The van der Waals surface area contributed by atoms with E-state index < -0.39 is 0 Å². The molecule has 2 aromatic heterocycles. The molecule has 0 saturated carbocycles. The van der Waals surface area contributed by atoms with Crippen molar-refractivity contribution in [2.75, 3.05) is 0 Å². The van der Waals surface area contributed by atoms with Gasteiger partial charge in [-0.25, -0.2) is 0 Å². The van der Waals surface area contributed by atoms with Gasteiger partial charge in [-0.1, -0.05) is 10.3 Å². The number of aromatic nitrogens is 5. The summed E-state index contributed by atoms with van der Waals surface area (Å²) in [6, 6.07) is 1.69. The molecule has 16 heavy (non-hydrogen) atoms. The molecule has 0 amide bonds. The van der Waals surface area contributed by atoms with Crippen LogP contribution in [-0.2, 0) is 6.42 Å². The third-order valence-corrected chi connectivity index (χ3v) is 1.86. The van der Waals surface area contributed by atoms with Gasteiger partial charge in [0, 0.05) is 6.07 Å². The molecule has 0 aliphatic heterocycles. The zero-order valence-electron chi connectivity index (χ0n) is 8.82. The fraction of sp³-hybridized carbons (Fsp3) is 0.375. The summed E-state index contributed by atoms with van der Waals surface area (Å²) in [4.78, 5) is 1.26. The summed E-state index contributed by atoms with van der Waals surface area (Å²) in [5.74, 6) is 1.59. The first-order valence-corrected chi connectivity index (χ1v) is 4.59. The SMILES string of the molecule is C/C(Cc1nnn(-c2cc(C)on2)n1)=N\O. The third kappa shape index (κ3) is 2.05. The van der Waals surface area contributed by atoms with Crippen molar-refractivity contribution in [1.82, 2.24) is 25.4 Å². The Kier molecular flexibility index (Phi) is 2.63. The predicted molar refractivity (Wildman–Crippen MR) is 52.6 cm³/mol. The molecule has 84 valence electrons. The van der Waals surface area contributed by atoms with Crippen molar-refractivity contribution >= 4 is 5.71 Å². The first-order valence-electron chi connectivity index (χ1n) is 4.59. The Morgan fingerprint density at radius 2 is 2.44 bits per heavy atom. The Morgan fingerprint density at radius 1 is 1.62 bits per heavy atom. The number of hydrogen-bond acceptors (Lipinski definition) is 7. The molecule has 2 rings (SSSR count). The topological polar surface area (TPSA) is 102 Å². The standard InChI is InChI=1S/C8H10N6O2/c1-5(11-15)3-7-9-13-14(10-7)8-4-6(2)16-12-8/h4,15H,3H2,1-2H3/b11-5+. The van der Waals surface area contributed by atoms with Crippen LogP contribution in [0.3, 0.4) is 0 Å². The molecule has 0 radical (unpaired) electrons. The van der Waals surface area contributed by atoms with E-state index in [4.69, 9.17) is 9.73 Å². The maximum absolute atomic E-state index is 8.50. The molecular formula is C8H10N6O2. The normalized spacial score (nSPS) is 12.0. The van der Waals surface area contributed by atoms with Gasteiger partial charge in [0.05, 0.1) is 12.1 Å². The summed E-state index contributed by atoms with van der Waals surface area (Å²) in [5, 5.41) is 26.9. The van der Waals surface area contributed by atoms with Gasteiger partial charge in [-0.2, -0.15) is 0 Å². The first kappa shape index (κ1) is 10.3. The number of hydrogen-bond donors (Lipinski definition) is 1. The molecule has 0 aliphatic carbocycles. The van der Waals surface area contributed by atoms with E-state index >= 15 is 0 Å². The lowest BCUT2D eigenvalue weighted by atomic mass is 10.3. The molecule has 0 unspecified atom stereocenters. The zero-order valence-corrected chi connectivity index (χ0v) is 8.82. The van der Waals surface area contributed by atoms with Gasteiger partial charge in [0.2, 0.25) is 5.82 Å². The molecule has 8 nitrogen and oxygen atoms in total. The summed E-state index contributed by atoms with van der Waals surface area (Å²) in [5.41, 5.74) is 0.510. The maximum Gasteiger partial charge on any atom is 0.218 e. The summed E-state index contributed by atoms with van der Waals surface area (Å²) in [7, 11) is 0. The molecule has 0 bridgehead atoms. The number of tetrazole rings is 1. The van der Waals surface area contributed by atoms with E-state index in [1.54, 1.807) is 19.9 Å². The minimum absolute atomic E-state index is 0.341. The van der Waals surface area contributed by atoms with Crippen LogP contribution in [-0.4, -0.2) is 36.3 Å². The lowest BCUT2D eigenvalue weighted by molar-refractivity contribution is 0.317. The average Bonchev–Trinajstić information content (AvgIpc) is 2.87. The van der Waals surface area contributed by atoms with Crippen LogP contribution >= 0.6 is 0 Å². The molecule has 0 spiro atoms. The largest absolute Gasteiger partial charge is 0.411 e. The van der Waals surface area contributed by atoms with E-state index in [9.17, 15) is 0 Å². The molecular weight excluding hydrogens is 212 g/mol. The van der Waals surface area contributed by atoms with E-state index in [0.29, 0.717) is 29.5 Å². The van der Waals surface area contributed by atoms with Gasteiger partial charge in [0.25, 0.3) is 0 Å². The second-order valence-electron chi connectivity index (χ2n) is 3.30. The maximum atomic E-state index is 8.50. The molecule has 8 heteroatoms. The van der Waals surface area contributed by atoms with Gasteiger partial charge in [-0.15, -0.1) is 15.0 Å². The van der Waals surface area contributed by atoms with Crippen molar-refractivity contribution in [3.05, 3.63) is 17.7 Å². The molecule has 0 saturated heterocycles. The van der Waals surface area contributed by atoms with Gasteiger partial charge in [0.1, 0.15) is 5.76 Å². The lowest BCUT2D eigenvalue weighted by Gasteiger charge is -1.90. The number of oxime groups is 1. The molecule has 1 N–H and O–H groups in total. The Balaban J connectivity index is 2.19. The van der Waals surface area contributed by atoms with Crippen LogP contribution < -0.4 is 0 Å². The monoisotopic (exact) mass is 222 g/mol. The van der Waals surface area contributed by atoms with Crippen LogP contribution in [0.4, 0.5) is 0 Å². The Morgan fingerprint density at radius 3 is 3.06 bits per heavy atom. The van der Waals surface area contributed by atoms with Gasteiger partial charge in [0.15, 0.2) is 5.82 Å². The van der Waals surface area contributed by atoms with E-state index in [0.717, 1.165) is 0 Å². The number of nitrogens with zero attached hydrogens (tertiary/aromatic N) is 6. The predicted octanol–water partition coefficient (Wildman–Crippen LogP) is 0.351. The van der Waals surface area contributed by atoms with Gasteiger partial charge >= 0.3 is 0 Å². The molecule has 0 aliphatic rings. The molecule has 0 aromatic carbocycles. The van der Waals surface area contributed by atoms with Crippen molar-refractivity contribution in [2.45, 2.75) is 20.3 Å². The fourth-order valence-corrected chi connectivity index (χ4v) is 1.12. The van der Waals surface area contributed by atoms with Gasteiger partial charge in [-0.05, 0) is 19.1 Å². The number of rotatable bonds is 3. The van der Waals surface area contributed by atoms with Crippen LogP contribution in [0, 0.1) is 6.92 Å². The highest BCUT2D eigenvalue weighted by atomic mass is 16.5. The van der Waals surface area contributed by atoms with Crippen molar-refractivity contribution in [1.29, 1.82) is 0 Å². The highest BCUT2D eigenvalue weighted by Gasteiger charge is 2.09. The van der Waals surface area contributed by atoms with Crippen molar-refractivity contribution < 1.29 is 9.73 Å². The fourth-order valence-electron chi connectivity index (χ4n) is 1.12. The summed E-state index contributed by atoms with van der Waals surface area (Å²) < 4.78 is 4.89. The third-order valence-electron chi connectivity index (χ3n) is 1.86. The zero-order chi connectivity index (χ0) is 11.5. The summed E-state index contributed by atoms with van der Waals surface area (Å²) in [6.45, 7) is 3.44. The Bertz CT molecular complexity index is 514. The quantitative estimate of drug-likeness (QED) is 0.456. The molecule has 2 aromatic rings. The highest BCUT2D eigenvalue weighted by Crippen LogP contribution is 2.04. The van der Waals surface area contributed by atoms with Crippen molar-refractivity contribution in [3.8, 4) is 5.82 Å². The molecule has 0 fully saturated rings. The average molecular weight is 222 g/mol. The summed E-state index contributed by atoms with van der Waals surface area (Å²) >= 11 is 0. The molecule has 0 atom stereocenters. The highest BCUT2D eigenvalue weighted by molar-refractivity contribution is 5.82. The minimum Gasteiger partial charge on any atom is -0.411 e. The Labute approximate surface area is 90.5 Å². The van der Waals surface area contributed by atoms with Gasteiger partial charge in [-0.3, -0.25) is 0 Å². The van der Waals surface area contributed by atoms with Crippen LogP contribution in [0.1, 0.15) is 18.5 Å². The first-order chi connectivity index (χ1) is 7.69. The second-order valence-corrected chi connectivity index (χ2v) is 3.30. The minimum atomic E-state index is 0.341. The second kappa shape index (κ2) is 4.09. The van der Waals surface area contributed by atoms with Crippen LogP contribution in [0.25, 0.3) is 5.82 Å². The van der Waals surface area contributed by atoms with E-state index in [2.05, 4.69) is 25.7 Å².